The van der Waals surface area contributed by atoms with Gasteiger partial charge in [-0.15, -0.1) is 0 Å². The van der Waals surface area contributed by atoms with Crippen molar-refractivity contribution in [2.75, 3.05) is 0 Å². The molecule has 3 rings (SSSR count). The van der Waals surface area contributed by atoms with Gasteiger partial charge in [0.15, 0.2) is 0 Å². The van der Waals surface area contributed by atoms with Gasteiger partial charge in [0.25, 0.3) is 0 Å². The van der Waals surface area contributed by atoms with Crippen LogP contribution in [0.4, 0.5) is 0 Å². The molecule has 5 heteroatoms. The number of aliphatic carboxylic acids is 1. The van der Waals surface area contributed by atoms with E-state index >= 15 is 0 Å². The van der Waals surface area contributed by atoms with Crippen LogP contribution in [0.25, 0.3) is 0 Å². The first-order chi connectivity index (χ1) is 9.56. The highest BCUT2D eigenvalue weighted by Crippen LogP contribution is 2.40. The quantitative estimate of drug-likeness (QED) is 0.917. The number of carboxylic acid groups (broad SMARTS) is 1. The molecule has 0 spiro atoms. The molecule has 20 heavy (non-hydrogen) atoms. The molecule has 0 bridgehead atoms. The number of aryl methyl sites for hydroxylation is 2. The molecule has 3 unspecified atom stereocenters. The van der Waals surface area contributed by atoms with Crippen molar-refractivity contribution < 1.29 is 9.90 Å². The van der Waals surface area contributed by atoms with Crippen molar-refractivity contribution in [3.63, 3.8) is 0 Å². The molecule has 2 aliphatic rings. The summed E-state index contributed by atoms with van der Waals surface area (Å²) < 4.78 is 1.88. The lowest BCUT2D eigenvalue weighted by molar-refractivity contribution is -0.142. The van der Waals surface area contributed by atoms with Crippen LogP contribution >= 0.6 is 0 Å². The lowest BCUT2D eigenvalue weighted by Crippen LogP contribution is -2.42. The second-order valence-electron chi connectivity index (χ2n) is 6.27. The van der Waals surface area contributed by atoms with E-state index < -0.39 is 5.97 Å². The maximum atomic E-state index is 11.6. The average Bonchev–Trinajstić information content (AvgIpc) is 2.91. The Morgan fingerprint density at radius 2 is 2.20 bits per heavy atom. The Morgan fingerprint density at radius 1 is 1.45 bits per heavy atom. The van der Waals surface area contributed by atoms with Crippen molar-refractivity contribution in [3.8, 4) is 0 Å². The summed E-state index contributed by atoms with van der Waals surface area (Å²) in [5.41, 5.74) is 2.11. The molecule has 1 aromatic heterocycles. The van der Waals surface area contributed by atoms with Gasteiger partial charge in [0.1, 0.15) is 6.04 Å². The first kappa shape index (κ1) is 13.6. The summed E-state index contributed by atoms with van der Waals surface area (Å²) in [6.07, 6.45) is 5.64. The molecular formula is C15H23N3O2. The molecule has 3 atom stereocenters. The van der Waals surface area contributed by atoms with E-state index in [9.17, 15) is 9.90 Å². The Balaban J connectivity index is 1.84. The van der Waals surface area contributed by atoms with Crippen LogP contribution in [0.3, 0.4) is 0 Å². The minimum Gasteiger partial charge on any atom is -0.480 e. The highest BCUT2D eigenvalue weighted by molar-refractivity contribution is 5.74. The van der Waals surface area contributed by atoms with Crippen LogP contribution in [0.2, 0.25) is 0 Å². The van der Waals surface area contributed by atoms with E-state index in [1.165, 1.54) is 19.3 Å². The van der Waals surface area contributed by atoms with Crippen molar-refractivity contribution >= 4 is 5.97 Å². The first-order valence-electron chi connectivity index (χ1n) is 7.54. The lowest BCUT2D eigenvalue weighted by atomic mass is 9.85. The number of likely N-dealkylation sites (tertiary alicyclic amines) is 1. The Kier molecular flexibility index (Phi) is 3.54. The number of carboxylic acids is 1. The van der Waals surface area contributed by atoms with Gasteiger partial charge in [0, 0.05) is 19.6 Å². The van der Waals surface area contributed by atoms with Crippen molar-refractivity contribution in [2.24, 2.45) is 13.0 Å². The van der Waals surface area contributed by atoms with E-state index in [0.29, 0.717) is 18.5 Å². The van der Waals surface area contributed by atoms with Crippen molar-refractivity contribution in [1.82, 2.24) is 14.7 Å². The third-order valence-electron chi connectivity index (χ3n) is 4.95. The minimum atomic E-state index is -0.668. The van der Waals surface area contributed by atoms with Gasteiger partial charge >= 0.3 is 5.97 Å². The number of fused-ring (bicyclic) bond motifs is 1. The van der Waals surface area contributed by atoms with Crippen molar-refractivity contribution in [2.45, 2.75) is 57.7 Å². The molecule has 2 fully saturated rings. The second-order valence-corrected chi connectivity index (χ2v) is 6.27. The number of rotatable bonds is 3. The van der Waals surface area contributed by atoms with Gasteiger partial charge in [-0.05, 0) is 38.2 Å². The SMILES string of the molecule is Cc1cc(CN2C(C(=O)O)CC3CCCCC32)n(C)n1. The van der Waals surface area contributed by atoms with Gasteiger partial charge in [-0.3, -0.25) is 14.4 Å². The minimum absolute atomic E-state index is 0.321. The molecule has 0 radical (unpaired) electrons. The Hall–Kier alpha value is -1.36. The standard InChI is InChI=1S/C15H23N3O2/c1-10-7-12(17(2)16-10)9-18-13-6-4-3-5-11(13)8-14(18)15(19)20/h7,11,13-14H,3-6,8-9H2,1-2H3,(H,19,20). The molecule has 1 N–H and O–H groups in total. The Morgan fingerprint density at radius 3 is 2.85 bits per heavy atom. The highest BCUT2D eigenvalue weighted by atomic mass is 16.4. The molecule has 1 aliphatic heterocycles. The van der Waals surface area contributed by atoms with E-state index in [1.807, 2.05) is 18.7 Å². The fraction of sp³-hybridized carbons (Fsp3) is 0.733. The predicted octanol–water partition coefficient (Wildman–Crippen LogP) is 1.95. The number of aromatic nitrogens is 2. The summed E-state index contributed by atoms with van der Waals surface area (Å²) in [7, 11) is 1.94. The van der Waals surface area contributed by atoms with Gasteiger partial charge in [-0.1, -0.05) is 12.8 Å². The fourth-order valence-electron chi connectivity index (χ4n) is 4.02. The van der Waals surface area contributed by atoms with Gasteiger partial charge in [-0.25, -0.2) is 0 Å². The van der Waals surface area contributed by atoms with Crippen LogP contribution in [-0.4, -0.2) is 37.8 Å². The zero-order chi connectivity index (χ0) is 14.3. The predicted molar refractivity (Wildman–Crippen MR) is 75.3 cm³/mol. The molecule has 1 aliphatic carbocycles. The summed E-state index contributed by atoms with van der Waals surface area (Å²) in [5, 5.41) is 13.9. The van der Waals surface area contributed by atoms with Gasteiger partial charge in [-0.2, -0.15) is 5.10 Å². The van der Waals surface area contributed by atoms with E-state index in [1.54, 1.807) is 0 Å². The molecule has 110 valence electrons. The topological polar surface area (TPSA) is 58.4 Å². The lowest BCUT2D eigenvalue weighted by Gasteiger charge is -2.32. The Bertz CT molecular complexity index is 511. The molecule has 1 saturated carbocycles. The first-order valence-corrected chi connectivity index (χ1v) is 7.54. The highest BCUT2D eigenvalue weighted by Gasteiger charge is 2.45. The second kappa shape index (κ2) is 5.20. The van der Waals surface area contributed by atoms with Gasteiger partial charge in [0.2, 0.25) is 0 Å². The molecule has 2 heterocycles. The molecule has 1 saturated heterocycles. The summed E-state index contributed by atoms with van der Waals surface area (Å²) in [5.74, 6) is -0.0996. The molecular weight excluding hydrogens is 254 g/mol. The van der Waals surface area contributed by atoms with Crippen LogP contribution < -0.4 is 0 Å². The summed E-state index contributed by atoms with van der Waals surface area (Å²) >= 11 is 0. The third-order valence-corrected chi connectivity index (χ3v) is 4.95. The summed E-state index contributed by atoms with van der Waals surface area (Å²) in [6, 6.07) is 2.19. The molecule has 1 aromatic rings. The number of carbonyl (C=O) groups is 1. The van der Waals surface area contributed by atoms with E-state index in [-0.39, 0.29) is 6.04 Å². The van der Waals surface area contributed by atoms with Crippen LogP contribution in [0.15, 0.2) is 6.07 Å². The smallest absolute Gasteiger partial charge is 0.320 e. The number of hydrogen-bond donors (Lipinski definition) is 1. The van der Waals surface area contributed by atoms with Gasteiger partial charge in [0.05, 0.1) is 11.4 Å². The van der Waals surface area contributed by atoms with Gasteiger partial charge < -0.3 is 5.11 Å². The number of nitrogens with zero attached hydrogens (tertiary/aromatic N) is 3. The van der Waals surface area contributed by atoms with E-state index in [4.69, 9.17) is 0 Å². The van der Waals surface area contributed by atoms with E-state index in [0.717, 1.165) is 24.2 Å². The Labute approximate surface area is 119 Å². The summed E-state index contributed by atoms with van der Waals surface area (Å²) in [4.78, 5) is 13.8. The monoisotopic (exact) mass is 277 g/mol. The molecule has 5 nitrogen and oxygen atoms in total. The van der Waals surface area contributed by atoms with Crippen LogP contribution in [0.1, 0.15) is 43.5 Å². The average molecular weight is 277 g/mol. The maximum absolute atomic E-state index is 11.6. The van der Waals surface area contributed by atoms with Crippen LogP contribution in [-0.2, 0) is 18.4 Å². The van der Waals surface area contributed by atoms with Crippen molar-refractivity contribution in [1.29, 1.82) is 0 Å². The molecule has 0 aromatic carbocycles. The van der Waals surface area contributed by atoms with Crippen LogP contribution in [0.5, 0.6) is 0 Å². The molecule has 0 amide bonds. The third kappa shape index (κ3) is 2.35. The largest absolute Gasteiger partial charge is 0.480 e. The van der Waals surface area contributed by atoms with Crippen LogP contribution in [0, 0.1) is 12.8 Å². The van der Waals surface area contributed by atoms with Crippen molar-refractivity contribution in [3.05, 3.63) is 17.5 Å². The summed E-state index contributed by atoms with van der Waals surface area (Å²) in [6.45, 7) is 2.68. The normalized spacial score (nSPS) is 30.4. The fourth-order valence-corrected chi connectivity index (χ4v) is 4.02. The zero-order valence-corrected chi connectivity index (χ0v) is 12.2. The zero-order valence-electron chi connectivity index (χ0n) is 12.2. The number of hydrogen-bond acceptors (Lipinski definition) is 3. The maximum Gasteiger partial charge on any atom is 0.320 e. The van der Waals surface area contributed by atoms with E-state index in [2.05, 4.69) is 16.1 Å².